The van der Waals surface area contributed by atoms with Gasteiger partial charge in [-0.25, -0.2) is 9.67 Å². The van der Waals surface area contributed by atoms with Crippen LogP contribution in [0.3, 0.4) is 0 Å². The molecule has 7 heteroatoms. The predicted octanol–water partition coefficient (Wildman–Crippen LogP) is 2.51. The zero-order valence-corrected chi connectivity index (χ0v) is 17.3. The number of rotatable bonds is 4. The summed E-state index contributed by atoms with van der Waals surface area (Å²) < 4.78 is 3.11. The number of carbonyl (C=O) groups is 1. The molecule has 0 radical (unpaired) electrons. The number of aromatic nitrogens is 4. The molecule has 0 unspecified atom stereocenters. The van der Waals surface area contributed by atoms with E-state index in [1.54, 1.807) is 9.58 Å². The van der Waals surface area contributed by atoms with Gasteiger partial charge in [0.1, 0.15) is 6.54 Å². The second-order valence-corrected chi connectivity index (χ2v) is 7.48. The first-order valence-electron chi connectivity index (χ1n) is 9.93. The van der Waals surface area contributed by atoms with Gasteiger partial charge in [0.05, 0.1) is 11.4 Å². The molecule has 3 heterocycles. The van der Waals surface area contributed by atoms with Gasteiger partial charge in [-0.15, -0.1) is 0 Å². The predicted molar refractivity (Wildman–Crippen MR) is 112 cm³/mol. The van der Waals surface area contributed by atoms with E-state index in [9.17, 15) is 9.59 Å². The quantitative estimate of drug-likeness (QED) is 0.685. The van der Waals surface area contributed by atoms with Crippen LogP contribution in [0, 0.1) is 20.8 Å². The molecule has 1 aromatic carbocycles. The van der Waals surface area contributed by atoms with Crippen LogP contribution in [0.15, 0.2) is 35.1 Å². The van der Waals surface area contributed by atoms with E-state index in [1.807, 2.05) is 58.0 Å². The lowest BCUT2D eigenvalue weighted by Crippen LogP contribution is -2.38. The molecule has 2 aromatic heterocycles. The number of hydrogen-bond acceptors (Lipinski definition) is 4. The van der Waals surface area contributed by atoms with Crippen LogP contribution in [0.4, 0.5) is 5.69 Å². The van der Waals surface area contributed by atoms with E-state index in [-0.39, 0.29) is 18.0 Å². The molecule has 1 aliphatic heterocycles. The number of fused-ring (bicyclic) bond motifs is 1. The number of benzene rings is 1. The van der Waals surface area contributed by atoms with Gasteiger partial charge in [-0.2, -0.15) is 5.10 Å². The lowest BCUT2D eigenvalue weighted by molar-refractivity contribution is -0.119. The number of nitrogens with zero attached hydrogens (tertiary/aromatic N) is 5. The minimum atomic E-state index is -0.177. The molecule has 0 spiro atoms. The summed E-state index contributed by atoms with van der Waals surface area (Å²) in [5, 5.41) is 4.49. The van der Waals surface area contributed by atoms with Gasteiger partial charge in [0, 0.05) is 23.5 Å². The number of amides is 1. The highest BCUT2D eigenvalue weighted by Crippen LogP contribution is 2.27. The van der Waals surface area contributed by atoms with E-state index in [0.717, 1.165) is 29.1 Å². The molecule has 0 N–H and O–H groups in total. The highest BCUT2D eigenvalue weighted by atomic mass is 16.2. The van der Waals surface area contributed by atoms with Crippen molar-refractivity contribution in [2.24, 2.45) is 0 Å². The zero-order chi connectivity index (χ0) is 20.7. The van der Waals surface area contributed by atoms with Crippen molar-refractivity contribution in [2.75, 3.05) is 11.4 Å². The number of hydrogen-bond donors (Lipinski definition) is 0. The van der Waals surface area contributed by atoms with Crippen molar-refractivity contribution in [3.8, 4) is 5.95 Å². The molecule has 0 fully saturated rings. The van der Waals surface area contributed by atoms with Gasteiger partial charge in [0.2, 0.25) is 11.9 Å². The smallest absolute Gasteiger partial charge is 0.258 e. The minimum absolute atomic E-state index is 0.0683. The Morgan fingerprint density at radius 2 is 1.93 bits per heavy atom. The Morgan fingerprint density at radius 1 is 1.17 bits per heavy atom. The molecule has 0 aliphatic carbocycles. The van der Waals surface area contributed by atoms with Crippen molar-refractivity contribution in [2.45, 2.75) is 47.1 Å². The average molecular weight is 391 g/mol. The molecule has 150 valence electrons. The van der Waals surface area contributed by atoms with Crippen molar-refractivity contribution in [1.82, 2.24) is 19.3 Å². The monoisotopic (exact) mass is 391 g/mol. The molecule has 0 saturated heterocycles. The Balaban J connectivity index is 1.79. The van der Waals surface area contributed by atoms with Crippen molar-refractivity contribution in [1.29, 1.82) is 0 Å². The first-order valence-corrected chi connectivity index (χ1v) is 9.93. The van der Waals surface area contributed by atoms with Gasteiger partial charge >= 0.3 is 0 Å². The van der Waals surface area contributed by atoms with Crippen LogP contribution in [0.2, 0.25) is 0 Å². The van der Waals surface area contributed by atoms with E-state index < -0.39 is 0 Å². The molecule has 0 saturated carbocycles. The Kier molecular flexibility index (Phi) is 4.82. The molecule has 0 bridgehead atoms. The Hall–Kier alpha value is -3.22. The number of anilines is 1. The van der Waals surface area contributed by atoms with Gasteiger partial charge in [0.15, 0.2) is 0 Å². The summed E-state index contributed by atoms with van der Waals surface area (Å²) >= 11 is 0. The number of para-hydroxylation sites is 1. The Labute approximate surface area is 169 Å². The van der Waals surface area contributed by atoms with Crippen molar-refractivity contribution >= 4 is 11.6 Å². The van der Waals surface area contributed by atoms with E-state index in [0.29, 0.717) is 30.2 Å². The zero-order valence-electron chi connectivity index (χ0n) is 17.3. The van der Waals surface area contributed by atoms with Crippen LogP contribution in [0.1, 0.15) is 35.1 Å². The standard InChI is InChI=1S/C22H25N5O2/c1-5-18-16(4)23-22(27-15(3)12-14(2)24-27)26(21(18)29)13-20(28)25-11-10-17-8-6-7-9-19(17)25/h6-9,12H,5,10-11,13H2,1-4H3. The van der Waals surface area contributed by atoms with Crippen LogP contribution in [0.25, 0.3) is 5.95 Å². The fraction of sp³-hybridized carbons (Fsp3) is 0.364. The van der Waals surface area contributed by atoms with Crippen LogP contribution in [-0.4, -0.2) is 31.8 Å². The molecular weight excluding hydrogens is 366 g/mol. The Morgan fingerprint density at radius 3 is 2.62 bits per heavy atom. The van der Waals surface area contributed by atoms with E-state index in [1.165, 1.54) is 4.57 Å². The second kappa shape index (κ2) is 7.31. The second-order valence-electron chi connectivity index (χ2n) is 7.48. The third-order valence-corrected chi connectivity index (χ3v) is 5.48. The van der Waals surface area contributed by atoms with E-state index in [4.69, 9.17) is 0 Å². The maximum Gasteiger partial charge on any atom is 0.258 e. The molecule has 29 heavy (non-hydrogen) atoms. The summed E-state index contributed by atoms with van der Waals surface area (Å²) in [6.45, 7) is 8.13. The van der Waals surface area contributed by atoms with Gasteiger partial charge in [-0.05, 0) is 51.3 Å². The third-order valence-electron chi connectivity index (χ3n) is 5.48. The number of carbonyl (C=O) groups excluding carboxylic acids is 1. The van der Waals surface area contributed by atoms with Gasteiger partial charge in [-0.1, -0.05) is 25.1 Å². The largest absolute Gasteiger partial charge is 0.310 e. The molecule has 7 nitrogen and oxygen atoms in total. The normalized spacial score (nSPS) is 13.0. The molecule has 0 atom stereocenters. The SMILES string of the molecule is CCc1c(C)nc(-n2nc(C)cc2C)n(CC(=O)N2CCc3ccccc32)c1=O. The lowest BCUT2D eigenvalue weighted by Gasteiger charge is -2.20. The van der Waals surface area contributed by atoms with Gasteiger partial charge in [-0.3, -0.25) is 14.2 Å². The maximum atomic E-state index is 13.2. The van der Waals surface area contributed by atoms with Crippen LogP contribution in [-0.2, 0) is 24.2 Å². The average Bonchev–Trinajstić information content (AvgIpc) is 3.26. The molecule has 3 aromatic rings. The highest BCUT2D eigenvalue weighted by Gasteiger charge is 2.26. The summed E-state index contributed by atoms with van der Waals surface area (Å²) in [6, 6.07) is 9.84. The highest BCUT2D eigenvalue weighted by molar-refractivity contribution is 5.95. The molecule has 4 rings (SSSR count). The minimum Gasteiger partial charge on any atom is -0.310 e. The first kappa shape index (κ1) is 19.1. The molecule has 1 amide bonds. The third kappa shape index (κ3) is 3.26. The summed E-state index contributed by atoms with van der Waals surface area (Å²) in [6.07, 6.45) is 1.39. The summed E-state index contributed by atoms with van der Waals surface area (Å²) in [5.41, 5.74) is 4.91. The topological polar surface area (TPSA) is 73.0 Å². The van der Waals surface area contributed by atoms with Crippen molar-refractivity contribution < 1.29 is 4.79 Å². The van der Waals surface area contributed by atoms with E-state index >= 15 is 0 Å². The van der Waals surface area contributed by atoms with Crippen LogP contribution >= 0.6 is 0 Å². The first-order chi connectivity index (χ1) is 13.9. The fourth-order valence-corrected chi connectivity index (χ4v) is 4.05. The lowest BCUT2D eigenvalue weighted by atomic mass is 10.2. The summed E-state index contributed by atoms with van der Waals surface area (Å²) in [7, 11) is 0. The van der Waals surface area contributed by atoms with Gasteiger partial charge in [0.25, 0.3) is 5.56 Å². The van der Waals surface area contributed by atoms with Gasteiger partial charge < -0.3 is 4.90 Å². The fourth-order valence-electron chi connectivity index (χ4n) is 4.05. The van der Waals surface area contributed by atoms with Crippen LogP contribution < -0.4 is 10.5 Å². The Bertz CT molecular complexity index is 1160. The van der Waals surface area contributed by atoms with E-state index in [2.05, 4.69) is 10.1 Å². The van der Waals surface area contributed by atoms with Crippen molar-refractivity contribution in [3.63, 3.8) is 0 Å². The summed E-state index contributed by atoms with van der Waals surface area (Å²) in [4.78, 5) is 32.9. The number of aryl methyl sites for hydroxylation is 3. The molecular formula is C22H25N5O2. The summed E-state index contributed by atoms with van der Waals surface area (Å²) in [5.74, 6) is 0.267. The van der Waals surface area contributed by atoms with Crippen LogP contribution in [0.5, 0.6) is 0 Å². The maximum absolute atomic E-state index is 13.2. The molecule has 1 aliphatic rings. The van der Waals surface area contributed by atoms with Crippen molar-refractivity contribution in [3.05, 3.63) is 68.9 Å².